The van der Waals surface area contributed by atoms with Gasteiger partial charge in [0.15, 0.2) is 5.78 Å². The molecule has 0 atom stereocenters. The lowest BCUT2D eigenvalue weighted by Gasteiger charge is -2.13. The van der Waals surface area contributed by atoms with Gasteiger partial charge < -0.3 is 4.57 Å². The molecular weight excluding hydrogens is 284 g/mol. The van der Waals surface area contributed by atoms with E-state index in [1.165, 1.54) is 12.1 Å². The van der Waals surface area contributed by atoms with Gasteiger partial charge in [0.25, 0.3) is 0 Å². The van der Waals surface area contributed by atoms with Gasteiger partial charge in [0.2, 0.25) is 0 Å². The third-order valence-electron chi connectivity index (χ3n) is 3.66. The number of allylic oxidation sites excluding steroid dienone is 1. The maximum Gasteiger partial charge on any atom is 0.191 e. The summed E-state index contributed by atoms with van der Waals surface area (Å²) in [5.41, 5.74) is 2.45. The minimum atomic E-state index is -0.845. The summed E-state index contributed by atoms with van der Waals surface area (Å²) in [6.45, 7) is 8.10. The molecule has 0 unspecified atom stereocenters. The summed E-state index contributed by atoms with van der Waals surface area (Å²) in [6, 6.07) is 5.66. The van der Waals surface area contributed by atoms with Crippen LogP contribution in [0.2, 0.25) is 0 Å². The van der Waals surface area contributed by atoms with Gasteiger partial charge in [-0.05, 0) is 63.6 Å². The van der Waals surface area contributed by atoms with Crippen molar-refractivity contribution in [3.63, 3.8) is 0 Å². The number of halogens is 2. The molecule has 0 radical (unpaired) electrons. The molecule has 0 bridgehead atoms. The third-order valence-corrected chi connectivity index (χ3v) is 3.66. The minimum Gasteiger partial charge on any atom is -0.346 e. The molecule has 1 aromatic heterocycles. The lowest BCUT2D eigenvalue weighted by Crippen LogP contribution is -2.04. The fraction of sp³-hybridized carbons (Fsp3) is 0.278. The summed E-state index contributed by atoms with van der Waals surface area (Å²) >= 11 is 0. The standard InChI is InChI=1S/C18H19F2NO/c1-11(2)21-12(3)10-14(13(21)4)8-9-17(22)18-15(19)6-5-7-16(18)20/h5-11H,1-4H3/b9-8+. The van der Waals surface area contributed by atoms with Crippen molar-refractivity contribution in [1.82, 2.24) is 4.57 Å². The first-order chi connectivity index (χ1) is 10.3. The Morgan fingerprint density at radius 3 is 2.27 bits per heavy atom. The first-order valence-electron chi connectivity index (χ1n) is 7.17. The van der Waals surface area contributed by atoms with Gasteiger partial charge in [0, 0.05) is 17.4 Å². The molecule has 0 aliphatic carbocycles. The maximum atomic E-state index is 13.6. The highest BCUT2D eigenvalue weighted by Gasteiger charge is 2.15. The quantitative estimate of drug-likeness (QED) is 0.584. The van der Waals surface area contributed by atoms with Gasteiger partial charge >= 0.3 is 0 Å². The third kappa shape index (κ3) is 3.01. The molecule has 0 fully saturated rings. The van der Waals surface area contributed by atoms with Crippen LogP contribution in [0.5, 0.6) is 0 Å². The Morgan fingerprint density at radius 2 is 1.77 bits per heavy atom. The van der Waals surface area contributed by atoms with Gasteiger partial charge in [-0.3, -0.25) is 4.79 Å². The predicted molar refractivity (Wildman–Crippen MR) is 84.0 cm³/mol. The molecule has 116 valence electrons. The number of benzene rings is 1. The molecule has 22 heavy (non-hydrogen) atoms. The second kappa shape index (κ2) is 6.26. The molecule has 1 heterocycles. The van der Waals surface area contributed by atoms with Crippen molar-refractivity contribution in [2.24, 2.45) is 0 Å². The van der Waals surface area contributed by atoms with Crippen LogP contribution in [0.4, 0.5) is 8.78 Å². The number of carbonyl (C=O) groups is 1. The lowest BCUT2D eigenvalue weighted by atomic mass is 10.1. The highest BCUT2D eigenvalue weighted by Crippen LogP contribution is 2.22. The van der Waals surface area contributed by atoms with Crippen LogP contribution < -0.4 is 0 Å². The Labute approximate surface area is 129 Å². The first kappa shape index (κ1) is 16.1. The number of hydrogen-bond acceptors (Lipinski definition) is 1. The van der Waals surface area contributed by atoms with Gasteiger partial charge in [-0.2, -0.15) is 0 Å². The van der Waals surface area contributed by atoms with Gasteiger partial charge in [0.1, 0.15) is 11.6 Å². The first-order valence-corrected chi connectivity index (χ1v) is 7.17. The molecule has 0 saturated carbocycles. The van der Waals surface area contributed by atoms with Crippen molar-refractivity contribution >= 4 is 11.9 Å². The summed E-state index contributed by atoms with van der Waals surface area (Å²) in [4.78, 5) is 12.0. The van der Waals surface area contributed by atoms with E-state index in [1.54, 1.807) is 6.08 Å². The molecule has 2 nitrogen and oxygen atoms in total. The molecule has 0 amide bonds. The zero-order chi connectivity index (χ0) is 16.4. The molecule has 4 heteroatoms. The molecule has 0 spiro atoms. The maximum absolute atomic E-state index is 13.6. The van der Waals surface area contributed by atoms with E-state index in [-0.39, 0.29) is 0 Å². The van der Waals surface area contributed by atoms with Crippen molar-refractivity contribution in [3.8, 4) is 0 Å². The molecule has 2 aromatic rings. The van der Waals surface area contributed by atoms with E-state index in [0.29, 0.717) is 6.04 Å². The molecule has 1 aromatic carbocycles. The number of nitrogens with zero attached hydrogens (tertiary/aromatic N) is 1. The van der Waals surface area contributed by atoms with E-state index < -0.39 is 23.0 Å². The average Bonchev–Trinajstić information content (AvgIpc) is 2.70. The van der Waals surface area contributed by atoms with Gasteiger partial charge in [-0.1, -0.05) is 6.07 Å². The summed E-state index contributed by atoms with van der Waals surface area (Å²) in [7, 11) is 0. The highest BCUT2D eigenvalue weighted by atomic mass is 19.1. The van der Waals surface area contributed by atoms with E-state index in [9.17, 15) is 13.6 Å². The monoisotopic (exact) mass is 303 g/mol. The van der Waals surface area contributed by atoms with E-state index in [2.05, 4.69) is 18.4 Å². The van der Waals surface area contributed by atoms with Crippen molar-refractivity contribution in [1.29, 1.82) is 0 Å². The van der Waals surface area contributed by atoms with Crippen LogP contribution >= 0.6 is 0 Å². The van der Waals surface area contributed by atoms with Crippen LogP contribution in [0.15, 0.2) is 30.3 Å². The largest absolute Gasteiger partial charge is 0.346 e. The van der Waals surface area contributed by atoms with E-state index in [1.807, 2.05) is 19.9 Å². The highest BCUT2D eigenvalue weighted by molar-refractivity contribution is 6.07. The Hall–Kier alpha value is -2.23. The van der Waals surface area contributed by atoms with Crippen LogP contribution in [0.1, 0.15) is 47.2 Å². The minimum absolute atomic E-state index is 0.307. The zero-order valence-electron chi connectivity index (χ0n) is 13.2. The van der Waals surface area contributed by atoms with Crippen molar-refractivity contribution in [3.05, 3.63) is 64.5 Å². The van der Waals surface area contributed by atoms with E-state index in [4.69, 9.17) is 0 Å². The zero-order valence-corrected chi connectivity index (χ0v) is 13.2. The Bertz CT molecular complexity index is 722. The van der Waals surface area contributed by atoms with Crippen molar-refractivity contribution < 1.29 is 13.6 Å². The van der Waals surface area contributed by atoms with Gasteiger partial charge in [-0.15, -0.1) is 0 Å². The second-order valence-corrected chi connectivity index (χ2v) is 5.58. The van der Waals surface area contributed by atoms with E-state index >= 15 is 0 Å². The normalized spacial score (nSPS) is 11.6. The molecule has 2 rings (SSSR count). The smallest absolute Gasteiger partial charge is 0.191 e. The van der Waals surface area contributed by atoms with Crippen LogP contribution in [0, 0.1) is 25.5 Å². The SMILES string of the molecule is Cc1cc(/C=C/C(=O)c2c(F)cccc2F)c(C)n1C(C)C. The fourth-order valence-electron chi connectivity index (χ4n) is 2.75. The molecule has 0 saturated heterocycles. The molecular formula is C18H19F2NO. The Kier molecular flexibility index (Phi) is 4.59. The Balaban J connectivity index is 2.33. The summed E-state index contributed by atoms with van der Waals surface area (Å²) in [5, 5.41) is 0. The summed E-state index contributed by atoms with van der Waals surface area (Å²) in [6.07, 6.45) is 2.82. The van der Waals surface area contributed by atoms with Gasteiger partial charge in [-0.25, -0.2) is 8.78 Å². The second-order valence-electron chi connectivity index (χ2n) is 5.58. The Morgan fingerprint density at radius 1 is 1.18 bits per heavy atom. The van der Waals surface area contributed by atoms with Crippen molar-refractivity contribution in [2.75, 3.05) is 0 Å². The molecule has 0 aliphatic heterocycles. The van der Waals surface area contributed by atoms with Gasteiger partial charge in [0.05, 0.1) is 5.56 Å². The number of rotatable bonds is 4. The molecule has 0 N–H and O–H groups in total. The number of hydrogen-bond donors (Lipinski definition) is 0. The predicted octanol–water partition coefficient (Wildman–Crippen LogP) is 4.86. The number of aryl methyl sites for hydroxylation is 1. The fourth-order valence-corrected chi connectivity index (χ4v) is 2.75. The molecule has 0 aliphatic rings. The van der Waals surface area contributed by atoms with Crippen LogP contribution in [0.3, 0.4) is 0 Å². The van der Waals surface area contributed by atoms with E-state index in [0.717, 1.165) is 29.1 Å². The number of ketones is 1. The average molecular weight is 303 g/mol. The number of aromatic nitrogens is 1. The summed E-state index contributed by atoms with van der Waals surface area (Å²) < 4.78 is 29.3. The lowest BCUT2D eigenvalue weighted by molar-refractivity contribution is 0.104. The topological polar surface area (TPSA) is 22.0 Å². The number of carbonyl (C=O) groups excluding carboxylic acids is 1. The summed E-state index contributed by atoms with van der Waals surface area (Å²) in [5.74, 6) is -2.37. The van der Waals surface area contributed by atoms with Crippen LogP contribution in [-0.2, 0) is 0 Å². The van der Waals surface area contributed by atoms with Crippen LogP contribution in [0.25, 0.3) is 6.08 Å². The van der Waals surface area contributed by atoms with Crippen molar-refractivity contribution in [2.45, 2.75) is 33.7 Å². The van der Waals surface area contributed by atoms with Crippen LogP contribution in [-0.4, -0.2) is 10.4 Å².